The van der Waals surface area contributed by atoms with Crippen LogP contribution >= 0.6 is 0 Å². The molecule has 1 aliphatic rings. The molecule has 23 heavy (non-hydrogen) atoms. The number of rotatable bonds is 4. The number of hydrogen-bond donors (Lipinski definition) is 1. The van der Waals surface area contributed by atoms with Gasteiger partial charge < -0.3 is 13.8 Å². The molecule has 3 rings (SSSR count). The second-order valence-electron chi connectivity index (χ2n) is 5.15. The number of carbonyl (C=O) groups excluding carboxylic acids is 1. The van der Waals surface area contributed by atoms with Gasteiger partial charge in [0, 0.05) is 13.5 Å². The number of amides is 1. The van der Waals surface area contributed by atoms with Crippen LogP contribution in [-0.2, 0) is 10.0 Å². The van der Waals surface area contributed by atoms with E-state index in [1.54, 1.807) is 11.8 Å². The zero-order chi connectivity index (χ0) is 16.6. The minimum atomic E-state index is -3.72. The SMILES string of the molecule is CNS(=O)(=O)c1ccc(C(=O)N2CCCC2c2noc(C)n2)o1. The highest BCUT2D eigenvalue weighted by atomic mass is 32.2. The average Bonchev–Trinajstić information content (AvgIpc) is 3.26. The van der Waals surface area contributed by atoms with Gasteiger partial charge in [-0.05, 0) is 32.0 Å². The topological polar surface area (TPSA) is 119 Å². The molecule has 1 fully saturated rings. The van der Waals surface area contributed by atoms with Crippen molar-refractivity contribution in [1.82, 2.24) is 19.8 Å². The Morgan fingerprint density at radius 2 is 2.22 bits per heavy atom. The number of likely N-dealkylation sites (tertiary alicyclic amines) is 1. The molecule has 1 amide bonds. The number of aromatic nitrogens is 2. The maximum absolute atomic E-state index is 12.6. The van der Waals surface area contributed by atoms with E-state index in [4.69, 9.17) is 8.94 Å². The lowest BCUT2D eigenvalue weighted by molar-refractivity contribution is 0.0690. The van der Waals surface area contributed by atoms with Gasteiger partial charge in [0.05, 0.1) is 6.04 Å². The summed E-state index contributed by atoms with van der Waals surface area (Å²) < 4.78 is 35.7. The maximum atomic E-state index is 12.6. The first-order chi connectivity index (χ1) is 10.9. The highest BCUT2D eigenvalue weighted by molar-refractivity contribution is 7.89. The maximum Gasteiger partial charge on any atom is 0.290 e. The molecule has 9 nitrogen and oxygen atoms in total. The lowest BCUT2D eigenvalue weighted by Crippen LogP contribution is -2.30. The van der Waals surface area contributed by atoms with Crippen LogP contribution in [0.5, 0.6) is 0 Å². The van der Waals surface area contributed by atoms with E-state index in [0.717, 1.165) is 6.42 Å². The predicted molar refractivity (Wildman–Crippen MR) is 77.0 cm³/mol. The highest BCUT2D eigenvalue weighted by Gasteiger charge is 2.35. The van der Waals surface area contributed by atoms with Gasteiger partial charge in [-0.3, -0.25) is 4.79 Å². The summed E-state index contributed by atoms with van der Waals surface area (Å²) in [4.78, 5) is 18.3. The van der Waals surface area contributed by atoms with Crippen molar-refractivity contribution in [2.75, 3.05) is 13.6 Å². The fourth-order valence-corrected chi connectivity index (χ4v) is 3.20. The van der Waals surface area contributed by atoms with Crippen molar-refractivity contribution in [2.24, 2.45) is 0 Å². The van der Waals surface area contributed by atoms with E-state index < -0.39 is 15.9 Å². The number of carbonyl (C=O) groups is 1. The molecule has 1 N–H and O–H groups in total. The van der Waals surface area contributed by atoms with E-state index in [9.17, 15) is 13.2 Å². The van der Waals surface area contributed by atoms with E-state index >= 15 is 0 Å². The van der Waals surface area contributed by atoms with E-state index in [0.29, 0.717) is 24.7 Å². The van der Waals surface area contributed by atoms with E-state index in [2.05, 4.69) is 14.9 Å². The van der Waals surface area contributed by atoms with Crippen LogP contribution in [0, 0.1) is 6.92 Å². The average molecular weight is 340 g/mol. The number of sulfonamides is 1. The van der Waals surface area contributed by atoms with Crippen LogP contribution in [0.25, 0.3) is 0 Å². The molecule has 124 valence electrons. The Morgan fingerprint density at radius 1 is 1.43 bits per heavy atom. The molecule has 1 aliphatic heterocycles. The third-order valence-corrected chi connectivity index (χ3v) is 4.97. The Labute approximate surface area is 132 Å². The summed E-state index contributed by atoms with van der Waals surface area (Å²) in [5.41, 5.74) is 0. The van der Waals surface area contributed by atoms with Gasteiger partial charge in [-0.25, -0.2) is 13.1 Å². The van der Waals surface area contributed by atoms with Crippen LogP contribution in [-0.4, -0.2) is 43.0 Å². The highest BCUT2D eigenvalue weighted by Crippen LogP contribution is 2.32. The fourth-order valence-electron chi connectivity index (χ4n) is 2.55. The second kappa shape index (κ2) is 5.78. The third-order valence-electron chi connectivity index (χ3n) is 3.68. The predicted octanol–water partition coefficient (Wildman–Crippen LogP) is 0.856. The van der Waals surface area contributed by atoms with Crippen molar-refractivity contribution in [2.45, 2.75) is 30.9 Å². The summed E-state index contributed by atoms with van der Waals surface area (Å²) in [5.74, 6) is 0.445. The van der Waals surface area contributed by atoms with Gasteiger partial charge in [0.1, 0.15) is 0 Å². The van der Waals surface area contributed by atoms with Crippen LogP contribution in [0.15, 0.2) is 26.2 Å². The van der Waals surface area contributed by atoms with Crippen molar-refractivity contribution < 1.29 is 22.2 Å². The van der Waals surface area contributed by atoms with Gasteiger partial charge in [-0.1, -0.05) is 5.16 Å². The minimum Gasteiger partial charge on any atom is -0.438 e. The molecule has 0 aliphatic carbocycles. The lowest BCUT2D eigenvalue weighted by atomic mass is 10.2. The van der Waals surface area contributed by atoms with Gasteiger partial charge in [0.15, 0.2) is 11.6 Å². The molecule has 1 saturated heterocycles. The zero-order valence-corrected chi connectivity index (χ0v) is 13.5. The van der Waals surface area contributed by atoms with Crippen LogP contribution < -0.4 is 4.72 Å². The molecule has 2 aromatic heterocycles. The Bertz CT molecular complexity index is 825. The summed E-state index contributed by atoms with van der Waals surface area (Å²) in [7, 11) is -2.45. The summed E-state index contributed by atoms with van der Waals surface area (Å²) in [6.07, 6.45) is 1.51. The lowest BCUT2D eigenvalue weighted by Gasteiger charge is -2.20. The molecule has 0 saturated carbocycles. The first-order valence-corrected chi connectivity index (χ1v) is 8.55. The van der Waals surface area contributed by atoms with Crippen molar-refractivity contribution in [3.8, 4) is 0 Å². The molecule has 0 radical (unpaired) electrons. The van der Waals surface area contributed by atoms with Crippen molar-refractivity contribution >= 4 is 15.9 Å². The fraction of sp³-hybridized carbons (Fsp3) is 0.462. The minimum absolute atomic E-state index is 0.0362. The van der Waals surface area contributed by atoms with Crippen molar-refractivity contribution in [3.63, 3.8) is 0 Å². The van der Waals surface area contributed by atoms with E-state index in [1.165, 1.54) is 19.2 Å². The number of furan rings is 1. The van der Waals surface area contributed by atoms with Crippen LogP contribution in [0.1, 0.15) is 41.2 Å². The molecule has 0 aromatic carbocycles. The van der Waals surface area contributed by atoms with Crippen LogP contribution in [0.2, 0.25) is 0 Å². The molecule has 1 atom stereocenters. The molecular weight excluding hydrogens is 324 g/mol. The summed E-state index contributed by atoms with van der Waals surface area (Å²) in [5, 5.41) is 3.57. The van der Waals surface area contributed by atoms with Crippen LogP contribution in [0.3, 0.4) is 0 Å². The number of nitrogens with one attached hydrogen (secondary N) is 1. The standard InChI is InChI=1S/C13H16N4O5S/c1-8-15-12(16-22-8)9-4-3-7-17(9)13(18)10-5-6-11(21-10)23(19,20)14-2/h5-6,9,14H,3-4,7H2,1-2H3. The Balaban J connectivity index is 1.85. The van der Waals surface area contributed by atoms with Gasteiger partial charge in [0.2, 0.25) is 11.0 Å². The third kappa shape index (κ3) is 2.86. The quantitative estimate of drug-likeness (QED) is 0.876. The Kier molecular flexibility index (Phi) is 3.94. The zero-order valence-electron chi connectivity index (χ0n) is 12.6. The molecular formula is C13H16N4O5S. The summed E-state index contributed by atoms with van der Waals surface area (Å²) in [6.45, 7) is 2.20. The first-order valence-electron chi connectivity index (χ1n) is 7.07. The first kappa shape index (κ1) is 15.7. The second-order valence-corrected chi connectivity index (χ2v) is 6.97. The summed E-state index contributed by atoms with van der Waals surface area (Å²) in [6, 6.07) is 2.31. The normalized spacial score (nSPS) is 18.5. The van der Waals surface area contributed by atoms with Crippen molar-refractivity contribution in [1.29, 1.82) is 0 Å². The monoisotopic (exact) mass is 340 g/mol. The number of hydrogen-bond acceptors (Lipinski definition) is 7. The molecule has 3 heterocycles. The largest absolute Gasteiger partial charge is 0.438 e. The van der Waals surface area contributed by atoms with E-state index in [-0.39, 0.29) is 16.9 Å². The van der Waals surface area contributed by atoms with Crippen molar-refractivity contribution in [3.05, 3.63) is 29.6 Å². The molecule has 0 bridgehead atoms. The van der Waals surface area contributed by atoms with Crippen LogP contribution in [0.4, 0.5) is 0 Å². The van der Waals surface area contributed by atoms with Gasteiger partial charge in [-0.15, -0.1) is 0 Å². The molecule has 2 aromatic rings. The summed E-state index contributed by atoms with van der Waals surface area (Å²) >= 11 is 0. The smallest absolute Gasteiger partial charge is 0.290 e. The molecule has 1 unspecified atom stereocenters. The van der Waals surface area contributed by atoms with Gasteiger partial charge >= 0.3 is 0 Å². The van der Waals surface area contributed by atoms with Gasteiger partial charge in [-0.2, -0.15) is 4.98 Å². The Morgan fingerprint density at radius 3 is 2.87 bits per heavy atom. The number of nitrogens with zero attached hydrogens (tertiary/aromatic N) is 3. The van der Waals surface area contributed by atoms with E-state index in [1.807, 2.05) is 0 Å². The number of aryl methyl sites for hydroxylation is 1. The Hall–Kier alpha value is -2.20. The molecule has 10 heteroatoms. The molecule has 0 spiro atoms. The van der Waals surface area contributed by atoms with Gasteiger partial charge in [0.25, 0.3) is 15.9 Å².